The van der Waals surface area contributed by atoms with Crippen molar-refractivity contribution in [2.75, 3.05) is 18.0 Å². The van der Waals surface area contributed by atoms with Crippen molar-refractivity contribution in [1.82, 2.24) is 9.88 Å². The molecule has 0 bridgehead atoms. The maximum absolute atomic E-state index is 11.6. The van der Waals surface area contributed by atoms with Gasteiger partial charge in [0.25, 0.3) is 0 Å². The van der Waals surface area contributed by atoms with Crippen LogP contribution in [0.15, 0.2) is 5.38 Å². The average molecular weight is 310 g/mol. The molecule has 0 radical (unpaired) electrons. The van der Waals surface area contributed by atoms with Crippen LogP contribution in [0.5, 0.6) is 0 Å². The number of likely N-dealkylation sites (tertiary alicyclic amines) is 1. The lowest BCUT2D eigenvalue weighted by atomic mass is 9.97. The van der Waals surface area contributed by atoms with Crippen LogP contribution in [0.4, 0.5) is 5.13 Å². The molecule has 0 aromatic carbocycles. The van der Waals surface area contributed by atoms with Gasteiger partial charge < -0.3 is 5.73 Å². The average Bonchev–Trinajstić information content (AvgIpc) is 2.87. The largest absolute Gasteiger partial charge is 0.327 e. The van der Waals surface area contributed by atoms with Gasteiger partial charge in [0.2, 0.25) is 5.91 Å². The number of nitrogens with zero attached hydrogens (tertiary/aromatic N) is 3. The summed E-state index contributed by atoms with van der Waals surface area (Å²) in [5.41, 5.74) is 7.16. The van der Waals surface area contributed by atoms with Crippen molar-refractivity contribution in [3.8, 4) is 0 Å². The van der Waals surface area contributed by atoms with Crippen LogP contribution in [0.3, 0.4) is 0 Å². The quantitative estimate of drug-likeness (QED) is 0.906. The summed E-state index contributed by atoms with van der Waals surface area (Å²) in [6.45, 7) is 8.22. The van der Waals surface area contributed by atoms with Crippen LogP contribution in [0, 0.1) is 0 Å². The molecule has 2 heterocycles. The Balaban J connectivity index is 2.06. The Morgan fingerprint density at radius 3 is 3.00 bits per heavy atom. The molecule has 2 rings (SSSR count). The number of nitrogens with two attached hydrogens (primary N) is 1. The summed E-state index contributed by atoms with van der Waals surface area (Å²) < 4.78 is 0. The molecule has 2 atom stereocenters. The normalized spacial score (nSPS) is 21.2. The predicted molar refractivity (Wildman–Crippen MR) is 87.5 cm³/mol. The highest BCUT2D eigenvalue weighted by Gasteiger charge is 2.26. The summed E-state index contributed by atoms with van der Waals surface area (Å²) in [5.74, 6) is 0.0461. The number of amides is 1. The molecule has 1 aromatic rings. The van der Waals surface area contributed by atoms with Crippen LogP contribution in [0.2, 0.25) is 0 Å². The molecule has 2 N–H and O–H groups in total. The molecule has 0 aliphatic carbocycles. The number of aromatic nitrogens is 1. The third kappa shape index (κ3) is 4.02. The van der Waals surface area contributed by atoms with Crippen LogP contribution >= 0.6 is 11.3 Å². The second-order valence-electron chi connectivity index (χ2n) is 5.78. The van der Waals surface area contributed by atoms with Crippen molar-refractivity contribution in [3.63, 3.8) is 0 Å². The molecule has 1 aliphatic heterocycles. The van der Waals surface area contributed by atoms with Crippen molar-refractivity contribution >= 4 is 22.4 Å². The van der Waals surface area contributed by atoms with E-state index < -0.39 is 0 Å². The molecular weight excluding hydrogens is 284 g/mol. The van der Waals surface area contributed by atoms with Crippen molar-refractivity contribution in [2.45, 2.75) is 58.7 Å². The number of anilines is 1. The Hall–Kier alpha value is -0.980. The second kappa shape index (κ2) is 7.33. The van der Waals surface area contributed by atoms with Gasteiger partial charge in [-0.15, -0.1) is 11.3 Å². The molecule has 1 aliphatic rings. The van der Waals surface area contributed by atoms with Crippen LogP contribution in [-0.2, 0) is 11.3 Å². The van der Waals surface area contributed by atoms with Gasteiger partial charge in [-0.1, -0.05) is 6.42 Å². The van der Waals surface area contributed by atoms with E-state index in [0.717, 1.165) is 23.9 Å². The SMILES string of the molecule is CCN(C(C)=O)c1nc(CN2CCCCC2C(C)N)cs1. The lowest BCUT2D eigenvalue weighted by molar-refractivity contribution is -0.116. The summed E-state index contributed by atoms with van der Waals surface area (Å²) in [5, 5.41) is 2.86. The second-order valence-corrected chi connectivity index (χ2v) is 6.61. The zero-order valence-corrected chi connectivity index (χ0v) is 14.0. The Labute approximate surface area is 131 Å². The van der Waals surface area contributed by atoms with Crippen LogP contribution in [-0.4, -0.2) is 41.0 Å². The van der Waals surface area contributed by atoms with Gasteiger partial charge in [-0.3, -0.25) is 14.6 Å². The Morgan fingerprint density at radius 2 is 2.38 bits per heavy atom. The van der Waals surface area contributed by atoms with Gasteiger partial charge in [0.05, 0.1) is 5.69 Å². The van der Waals surface area contributed by atoms with E-state index in [1.165, 1.54) is 19.3 Å². The van der Waals surface area contributed by atoms with Gasteiger partial charge in [-0.25, -0.2) is 4.98 Å². The van der Waals surface area contributed by atoms with Crippen molar-refractivity contribution in [2.24, 2.45) is 5.73 Å². The minimum atomic E-state index is 0.0461. The maximum Gasteiger partial charge on any atom is 0.225 e. The smallest absolute Gasteiger partial charge is 0.225 e. The molecule has 5 nitrogen and oxygen atoms in total. The summed E-state index contributed by atoms with van der Waals surface area (Å²) in [6.07, 6.45) is 3.66. The highest BCUT2D eigenvalue weighted by atomic mass is 32.1. The van der Waals surface area contributed by atoms with Crippen molar-refractivity contribution < 1.29 is 4.79 Å². The van der Waals surface area contributed by atoms with Crippen molar-refractivity contribution in [3.05, 3.63) is 11.1 Å². The summed E-state index contributed by atoms with van der Waals surface area (Å²) in [7, 11) is 0. The summed E-state index contributed by atoms with van der Waals surface area (Å²) >= 11 is 1.54. The Morgan fingerprint density at radius 1 is 1.62 bits per heavy atom. The summed E-state index contributed by atoms with van der Waals surface area (Å²) in [6, 6.07) is 0.631. The van der Waals surface area contributed by atoms with Crippen LogP contribution in [0.1, 0.15) is 45.7 Å². The van der Waals surface area contributed by atoms with E-state index in [4.69, 9.17) is 5.73 Å². The summed E-state index contributed by atoms with van der Waals surface area (Å²) in [4.78, 5) is 20.4. The number of hydrogen-bond acceptors (Lipinski definition) is 5. The molecule has 1 aromatic heterocycles. The van der Waals surface area contributed by atoms with E-state index in [2.05, 4.69) is 22.2 Å². The molecular formula is C15H26N4OS. The lowest BCUT2D eigenvalue weighted by Crippen LogP contribution is -2.48. The van der Waals surface area contributed by atoms with E-state index in [1.807, 2.05) is 6.92 Å². The third-order valence-electron chi connectivity index (χ3n) is 4.10. The molecule has 1 amide bonds. The molecule has 21 heavy (non-hydrogen) atoms. The molecule has 6 heteroatoms. The van der Waals surface area contributed by atoms with Gasteiger partial charge in [0, 0.05) is 37.5 Å². The minimum absolute atomic E-state index is 0.0461. The fourth-order valence-corrected chi connectivity index (χ4v) is 3.93. The molecule has 0 saturated carbocycles. The van der Waals surface area contributed by atoms with Crippen molar-refractivity contribution in [1.29, 1.82) is 0 Å². The first-order valence-electron chi connectivity index (χ1n) is 7.75. The zero-order valence-electron chi connectivity index (χ0n) is 13.2. The number of carbonyl (C=O) groups excluding carboxylic acids is 1. The van der Waals surface area contributed by atoms with Gasteiger partial charge in [0.15, 0.2) is 5.13 Å². The Kier molecular flexibility index (Phi) is 5.72. The van der Waals surface area contributed by atoms with Gasteiger partial charge >= 0.3 is 0 Å². The molecule has 118 valence electrons. The number of carbonyl (C=O) groups is 1. The highest BCUT2D eigenvalue weighted by Crippen LogP contribution is 2.25. The molecule has 2 unspecified atom stereocenters. The fraction of sp³-hybridized carbons (Fsp3) is 0.733. The number of hydrogen-bond donors (Lipinski definition) is 1. The standard InChI is InChI=1S/C15H26N4OS/c1-4-19(12(3)20)15-17-13(10-21-15)9-18-8-6-5-7-14(18)11(2)16/h10-11,14H,4-9,16H2,1-3H3. The van der Waals surface area contributed by atoms with Crippen LogP contribution < -0.4 is 10.6 Å². The molecule has 0 spiro atoms. The van der Waals surface area contributed by atoms with Gasteiger partial charge in [-0.05, 0) is 33.2 Å². The minimum Gasteiger partial charge on any atom is -0.327 e. The zero-order chi connectivity index (χ0) is 15.4. The number of piperidine rings is 1. The number of rotatable bonds is 5. The molecule has 1 fully saturated rings. The van der Waals surface area contributed by atoms with E-state index in [1.54, 1.807) is 23.2 Å². The Bertz CT molecular complexity index is 474. The van der Waals surface area contributed by atoms with Crippen LogP contribution in [0.25, 0.3) is 0 Å². The number of thiazole rings is 1. The molecule has 1 saturated heterocycles. The van der Waals surface area contributed by atoms with Gasteiger partial charge in [-0.2, -0.15) is 0 Å². The maximum atomic E-state index is 11.6. The van der Waals surface area contributed by atoms with E-state index in [-0.39, 0.29) is 11.9 Å². The highest BCUT2D eigenvalue weighted by molar-refractivity contribution is 7.14. The fourth-order valence-electron chi connectivity index (χ4n) is 3.00. The van der Waals surface area contributed by atoms with E-state index in [0.29, 0.717) is 12.6 Å². The van der Waals surface area contributed by atoms with E-state index >= 15 is 0 Å². The monoisotopic (exact) mass is 310 g/mol. The first-order valence-corrected chi connectivity index (χ1v) is 8.63. The lowest BCUT2D eigenvalue weighted by Gasteiger charge is -2.37. The first kappa shape index (κ1) is 16.4. The van der Waals surface area contributed by atoms with E-state index in [9.17, 15) is 4.79 Å². The first-order chi connectivity index (χ1) is 10.0. The predicted octanol–water partition coefficient (Wildman–Crippen LogP) is 2.22. The third-order valence-corrected chi connectivity index (χ3v) is 5.02. The topological polar surface area (TPSA) is 62.5 Å². The van der Waals surface area contributed by atoms with Gasteiger partial charge in [0.1, 0.15) is 0 Å².